The molecule has 5 amide bonds. The third kappa shape index (κ3) is 25.0. The molecule has 0 aliphatic rings. The molecule has 0 rings (SSSR count). The second kappa shape index (κ2) is 24.7. The van der Waals surface area contributed by atoms with Crippen LogP contribution in [-0.2, 0) is 47.7 Å². The number of amides is 5. The molecule has 6 N–H and O–H groups in total. The summed E-state index contributed by atoms with van der Waals surface area (Å²) >= 11 is 0. The monoisotopic (exact) mass is 577 g/mol. The highest BCUT2D eigenvalue weighted by molar-refractivity contribution is 5.83. The van der Waals surface area contributed by atoms with Gasteiger partial charge in [-0.2, -0.15) is 0 Å². The average molecular weight is 578 g/mol. The lowest BCUT2D eigenvalue weighted by Gasteiger charge is -2.10. The Balaban J connectivity index is 3.49. The topological polar surface area (TPSA) is 220 Å². The van der Waals surface area contributed by atoms with Crippen molar-refractivity contribution in [2.24, 2.45) is 5.92 Å². The van der Waals surface area contributed by atoms with E-state index in [1.165, 1.54) is 13.8 Å². The number of rotatable bonds is 25. The minimum Gasteiger partial charge on any atom is -0.481 e. The molecular weight excluding hydrogens is 534 g/mol. The molecule has 16 heteroatoms. The van der Waals surface area contributed by atoms with E-state index in [0.29, 0.717) is 19.8 Å². The molecule has 40 heavy (non-hydrogen) atoms. The van der Waals surface area contributed by atoms with Gasteiger partial charge in [-0.3, -0.25) is 28.8 Å². The van der Waals surface area contributed by atoms with E-state index in [0.717, 1.165) is 0 Å². The number of carboxylic acids is 1. The Labute approximate surface area is 233 Å². The Bertz CT molecular complexity index is 782. The number of carbonyl (C=O) groups is 6. The zero-order valence-corrected chi connectivity index (χ0v) is 23.2. The van der Waals surface area contributed by atoms with E-state index in [2.05, 4.69) is 26.6 Å². The van der Waals surface area contributed by atoms with Crippen LogP contribution in [0.25, 0.3) is 0 Å². The molecule has 0 aromatic carbocycles. The highest BCUT2D eigenvalue weighted by Crippen LogP contribution is 2.01. The molecule has 0 fully saturated rings. The van der Waals surface area contributed by atoms with Crippen LogP contribution in [0.2, 0.25) is 0 Å². The standard InChI is InChI=1S/C24H43N5O11/c1-18(15-23(34)35)24(36)29-4-3-20(31)26-5-6-27-21(32)16-39-14-12-38-10-8-28-22(33)17-40-13-11-37-9-7-25-19(2)30/h18H,3-17H2,1-2H3,(H,25,30)(H,26,31)(H,27,32)(H,28,33)(H,29,36)(H,34,35). The van der Waals surface area contributed by atoms with Gasteiger partial charge >= 0.3 is 5.97 Å². The molecule has 0 saturated carbocycles. The smallest absolute Gasteiger partial charge is 0.304 e. The molecule has 0 aliphatic heterocycles. The van der Waals surface area contributed by atoms with Crippen LogP contribution in [-0.4, -0.2) is 126 Å². The van der Waals surface area contributed by atoms with Gasteiger partial charge in [-0.05, 0) is 0 Å². The van der Waals surface area contributed by atoms with E-state index in [1.807, 2.05) is 0 Å². The van der Waals surface area contributed by atoms with Gasteiger partial charge in [-0.25, -0.2) is 0 Å². The van der Waals surface area contributed by atoms with Gasteiger partial charge in [-0.15, -0.1) is 0 Å². The average Bonchev–Trinajstić information content (AvgIpc) is 2.89. The van der Waals surface area contributed by atoms with Gasteiger partial charge in [-0.1, -0.05) is 6.92 Å². The van der Waals surface area contributed by atoms with E-state index < -0.39 is 17.8 Å². The Morgan fingerprint density at radius 1 is 0.600 bits per heavy atom. The van der Waals surface area contributed by atoms with Crippen LogP contribution < -0.4 is 26.6 Å². The number of nitrogens with one attached hydrogen (secondary N) is 5. The summed E-state index contributed by atoms with van der Waals surface area (Å²) in [5.41, 5.74) is 0. The summed E-state index contributed by atoms with van der Waals surface area (Å²) in [4.78, 5) is 68.0. The second-order valence-corrected chi connectivity index (χ2v) is 8.40. The molecule has 1 atom stereocenters. The summed E-state index contributed by atoms with van der Waals surface area (Å²) in [5, 5.41) is 21.6. The van der Waals surface area contributed by atoms with Crippen LogP contribution in [0, 0.1) is 5.92 Å². The molecule has 0 aliphatic carbocycles. The van der Waals surface area contributed by atoms with Gasteiger partial charge in [0.2, 0.25) is 29.5 Å². The van der Waals surface area contributed by atoms with Crippen LogP contribution in [0.1, 0.15) is 26.7 Å². The van der Waals surface area contributed by atoms with Gasteiger partial charge in [0.25, 0.3) is 0 Å². The molecule has 0 aromatic heterocycles. The fraction of sp³-hybridized carbons (Fsp3) is 0.750. The maximum Gasteiger partial charge on any atom is 0.304 e. The van der Waals surface area contributed by atoms with Crippen molar-refractivity contribution in [2.75, 3.05) is 85.6 Å². The van der Waals surface area contributed by atoms with Gasteiger partial charge in [0.15, 0.2) is 0 Å². The first-order valence-corrected chi connectivity index (χ1v) is 13.0. The van der Waals surface area contributed by atoms with Crippen LogP contribution in [0.3, 0.4) is 0 Å². The summed E-state index contributed by atoms with van der Waals surface area (Å²) in [6, 6.07) is 0. The van der Waals surface area contributed by atoms with Crippen LogP contribution >= 0.6 is 0 Å². The van der Waals surface area contributed by atoms with Crippen molar-refractivity contribution >= 4 is 35.5 Å². The molecule has 16 nitrogen and oxygen atoms in total. The SMILES string of the molecule is CC(=O)NCCOCCOCC(=O)NCCOCCOCC(=O)NCCNC(=O)CCNC(=O)C(C)CC(=O)O. The number of aliphatic carboxylic acids is 1. The predicted octanol–water partition coefficient (Wildman–Crippen LogP) is -2.85. The summed E-state index contributed by atoms with van der Waals surface area (Å²) < 4.78 is 20.9. The first-order chi connectivity index (χ1) is 19.1. The Morgan fingerprint density at radius 3 is 1.60 bits per heavy atom. The zero-order chi connectivity index (χ0) is 30.0. The normalized spacial score (nSPS) is 11.2. The summed E-state index contributed by atoms with van der Waals surface area (Å²) in [6.07, 6.45) is -0.258. The maximum atomic E-state index is 11.7. The highest BCUT2D eigenvalue weighted by Gasteiger charge is 2.16. The molecule has 0 saturated heterocycles. The second-order valence-electron chi connectivity index (χ2n) is 8.40. The van der Waals surface area contributed by atoms with E-state index in [9.17, 15) is 28.8 Å². The van der Waals surface area contributed by atoms with Gasteiger partial charge < -0.3 is 50.6 Å². The quantitative estimate of drug-likeness (QED) is 0.0607. The van der Waals surface area contributed by atoms with Gasteiger partial charge in [0, 0.05) is 52.0 Å². The first-order valence-electron chi connectivity index (χ1n) is 13.0. The number of carboxylic acid groups (broad SMARTS) is 1. The van der Waals surface area contributed by atoms with Crippen molar-refractivity contribution in [2.45, 2.75) is 26.7 Å². The van der Waals surface area contributed by atoms with Crippen molar-refractivity contribution in [1.82, 2.24) is 26.6 Å². The fourth-order valence-electron chi connectivity index (χ4n) is 2.75. The first kappa shape index (κ1) is 36.7. The highest BCUT2D eigenvalue weighted by atomic mass is 16.5. The minimum atomic E-state index is -1.07. The fourth-order valence-corrected chi connectivity index (χ4v) is 2.75. The van der Waals surface area contributed by atoms with E-state index in [1.54, 1.807) is 0 Å². The molecule has 1 unspecified atom stereocenters. The Morgan fingerprint density at radius 2 is 1.07 bits per heavy atom. The van der Waals surface area contributed by atoms with Crippen LogP contribution in [0.4, 0.5) is 0 Å². The Kier molecular flexibility index (Phi) is 22.6. The molecule has 0 bridgehead atoms. The zero-order valence-electron chi connectivity index (χ0n) is 23.2. The summed E-state index contributed by atoms with van der Waals surface area (Å²) in [6.45, 7) is 5.42. The number of hydrogen-bond acceptors (Lipinski definition) is 10. The maximum absolute atomic E-state index is 11.7. The van der Waals surface area contributed by atoms with Crippen molar-refractivity contribution in [1.29, 1.82) is 0 Å². The molecule has 0 heterocycles. The van der Waals surface area contributed by atoms with E-state index in [4.69, 9.17) is 24.1 Å². The number of hydrogen-bond donors (Lipinski definition) is 6. The van der Waals surface area contributed by atoms with Crippen LogP contribution in [0.15, 0.2) is 0 Å². The third-order valence-corrected chi connectivity index (χ3v) is 4.75. The van der Waals surface area contributed by atoms with Crippen molar-refractivity contribution in [3.8, 4) is 0 Å². The summed E-state index contributed by atoms with van der Waals surface area (Å²) in [5.74, 6) is -3.29. The van der Waals surface area contributed by atoms with Gasteiger partial charge in [0.05, 0.1) is 46.1 Å². The van der Waals surface area contributed by atoms with Gasteiger partial charge in [0.1, 0.15) is 13.2 Å². The molecule has 0 spiro atoms. The predicted molar refractivity (Wildman–Crippen MR) is 140 cm³/mol. The molecule has 0 aromatic rings. The third-order valence-electron chi connectivity index (χ3n) is 4.75. The summed E-state index contributed by atoms with van der Waals surface area (Å²) in [7, 11) is 0. The molecular formula is C24H43N5O11. The van der Waals surface area contributed by atoms with Crippen molar-refractivity contribution in [3.05, 3.63) is 0 Å². The van der Waals surface area contributed by atoms with E-state index >= 15 is 0 Å². The minimum absolute atomic E-state index is 0.0263. The molecule has 0 radical (unpaired) electrons. The number of carbonyl (C=O) groups excluding carboxylic acids is 5. The van der Waals surface area contributed by atoms with Crippen molar-refractivity contribution < 1.29 is 52.8 Å². The van der Waals surface area contributed by atoms with E-state index in [-0.39, 0.29) is 102 Å². The lowest BCUT2D eigenvalue weighted by atomic mass is 10.1. The Hall–Kier alpha value is -3.34. The largest absolute Gasteiger partial charge is 0.481 e. The number of ether oxygens (including phenoxy) is 4. The van der Waals surface area contributed by atoms with Crippen LogP contribution in [0.5, 0.6) is 0 Å². The van der Waals surface area contributed by atoms with Crippen molar-refractivity contribution in [3.63, 3.8) is 0 Å². The molecule has 230 valence electrons. The lowest BCUT2D eigenvalue weighted by molar-refractivity contribution is -0.140. The lowest BCUT2D eigenvalue weighted by Crippen LogP contribution is -2.38.